The van der Waals surface area contributed by atoms with E-state index >= 15 is 0 Å². The van der Waals surface area contributed by atoms with Gasteiger partial charge in [0, 0.05) is 6.61 Å². The Kier molecular flexibility index (Phi) is 5.50. The van der Waals surface area contributed by atoms with Gasteiger partial charge in [-0.1, -0.05) is 43.7 Å². The van der Waals surface area contributed by atoms with Crippen molar-refractivity contribution in [2.75, 3.05) is 20.3 Å². The van der Waals surface area contributed by atoms with Gasteiger partial charge in [-0.3, -0.25) is 0 Å². The van der Waals surface area contributed by atoms with E-state index in [-0.39, 0.29) is 0 Å². The Balaban J connectivity index is 2.53. The van der Waals surface area contributed by atoms with E-state index in [2.05, 4.69) is 50.4 Å². The second kappa shape index (κ2) is 6.66. The van der Waals surface area contributed by atoms with Gasteiger partial charge in [-0.15, -0.1) is 0 Å². The Labute approximate surface area is 99.0 Å². The molecule has 0 radical (unpaired) electrons. The van der Waals surface area contributed by atoms with Gasteiger partial charge in [-0.05, 0) is 25.5 Å². The van der Waals surface area contributed by atoms with Crippen molar-refractivity contribution in [2.24, 2.45) is 5.92 Å². The summed E-state index contributed by atoms with van der Waals surface area (Å²) in [4.78, 5) is 0. The zero-order valence-corrected chi connectivity index (χ0v) is 10.8. The SMILES string of the molecule is CNC(COCC(C)C)c1cccc(C)c1. The van der Waals surface area contributed by atoms with Gasteiger partial charge >= 0.3 is 0 Å². The highest BCUT2D eigenvalue weighted by molar-refractivity contribution is 5.25. The minimum Gasteiger partial charge on any atom is -0.379 e. The second-order valence-electron chi connectivity index (χ2n) is 4.69. The van der Waals surface area contributed by atoms with Crippen molar-refractivity contribution in [3.05, 3.63) is 35.4 Å². The average Bonchev–Trinajstić information content (AvgIpc) is 2.24. The lowest BCUT2D eigenvalue weighted by atomic mass is 10.1. The molecule has 2 heteroatoms. The molecule has 0 fully saturated rings. The van der Waals surface area contributed by atoms with E-state index < -0.39 is 0 Å². The zero-order chi connectivity index (χ0) is 12.0. The molecule has 0 amide bonds. The van der Waals surface area contributed by atoms with E-state index in [1.807, 2.05) is 7.05 Å². The van der Waals surface area contributed by atoms with Gasteiger partial charge < -0.3 is 10.1 Å². The molecule has 16 heavy (non-hydrogen) atoms. The van der Waals surface area contributed by atoms with Crippen LogP contribution in [0.3, 0.4) is 0 Å². The topological polar surface area (TPSA) is 21.3 Å². The van der Waals surface area contributed by atoms with E-state index in [1.165, 1.54) is 11.1 Å². The average molecular weight is 221 g/mol. The molecule has 1 atom stereocenters. The smallest absolute Gasteiger partial charge is 0.0661 e. The van der Waals surface area contributed by atoms with Gasteiger partial charge in [0.1, 0.15) is 0 Å². The summed E-state index contributed by atoms with van der Waals surface area (Å²) in [6, 6.07) is 8.86. The number of rotatable bonds is 6. The van der Waals surface area contributed by atoms with E-state index in [9.17, 15) is 0 Å². The van der Waals surface area contributed by atoms with E-state index in [0.29, 0.717) is 12.0 Å². The summed E-state index contributed by atoms with van der Waals surface area (Å²) >= 11 is 0. The lowest BCUT2D eigenvalue weighted by Gasteiger charge is -2.18. The van der Waals surface area contributed by atoms with Crippen LogP contribution in [0.25, 0.3) is 0 Å². The fourth-order valence-corrected chi connectivity index (χ4v) is 1.65. The lowest BCUT2D eigenvalue weighted by Crippen LogP contribution is -2.22. The number of benzene rings is 1. The molecule has 0 aromatic heterocycles. The van der Waals surface area contributed by atoms with Gasteiger partial charge in [-0.25, -0.2) is 0 Å². The maximum atomic E-state index is 5.68. The molecule has 1 unspecified atom stereocenters. The van der Waals surface area contributed by atoms with Crippen molar-refractivity contribution in [3.8, 4) is 0 Å². The molecule has 0 aliphatic heterocycles. The molecule has 0 heterocycles. The van der Waals surface area contributed by atoms with Crippen molar-refractivity contribution >= 4 is 0 Å². The van der Waals surface area contributed by atoms with Crippen molar-refractivity contribution in [3.63, 3.8) is 0 Å². The molecule has 1 rings (SSSR count). The summed E-state index contributed by atoms with van der Waals surface area (Å²) in [5.74, 6) is 0.593. The first-order valence-electron chi connectivity index (χ1n) is 5.95. The van der Waals surface area contributed by atoms with Crippen LogP contribution in [-0.4, -0.2) is 20.3 Å². The Morgan fingerprint density at radius 2 is 2.00 bits per heavy atom. The van der Waals surface area contributed by atoms with Crippen LogP contribution in [0.5, 0.6) is 0 Å². The molecule has 90 valence electrons. The predicted octanol–water partition coefficient (Wildman–Crippen LogP) is 2.93. The Morgan fingerprint density at radius 3 is 2.56 bits per heavy atom. The van der Waals surface area contributed by atoms with Crippen LogP contribution >= 0.6 is 0 Å². The summed E-state index contributed by atoms with van der Waals surface area (Å²) in [6.45, 7) is 8.01. The van der Waals surface area contributed by atoms with Gasteiger partial charge in [0.2, 0.25) is 0 Å². The monoisotopic (exact) mass is 221 g/mol. The van der Waals surface area contributed by atoms with Crippen LogP contribution in [-0.2, 0) is 4.74 Å². The van der Waals surface area contributed by atoms with Crippen molar-refractivity contribution in [1.82, 2.24) is 5.32 Å². The third-order valence-electron chi connectivity index (χ3n) is 2.53. The quantitative estimate of drug-likeness (QED) is 0.797. The summed E-state index contributed by atoms with van der Waals surface area (Å²) < 4.78 is 5.68. The van der Waals surface area contributed by atoms with Crippen LogP contribution in [0.2, 0.25) is 0 Å². The maximum absolute atomic E-state index is 5.68. The number of likely N-dealkylation sites (N-methyl/N-ethyl adjacent to an activating group) is 1. The molecule has 0 saturated carbocycles. The van der Waals surface area contributed by atoms with Gasteiger partial charge in [0.15, 0.2) is 0 Å². The van der Waals surface area contributed by atoms with Crippen molar-refractivity contribution in [2.45, 2.75) is 26.8 Å². The standard InChI is InChI=1S/C14H23NO/c1-11(2)9-16-10-14(15-4)13-7-5-6-12(3)8-13/h5-8,11,14-15H,9-10H2,1-4H3. The van der Waals surface area contributed by atoms with Crippen LogP contribution in [0.1, 0.15) is 31.0 Å². The Bertz CT molecular complexity index is 309. The summed E-state index contributed by atoms with van der Waals surface area (Å²) in [7, 11) is 1.98. The Morgan fingerprint density at radius 1 is 1.25 bits per heavy atom. The first-order valence-corrected chi connectivity index (χ1v) is 5.95. The van der Waals surface area contributed by atoms with Gasteiger partial charge in [-0.2, -0.15) is 0 Å². The van der Waals surface area contributed by atoms with E-state index in [4.69, 9.17) is 4.74 Å². The van der Waals surface area contributed by atoms with Gasteiger partial charge in [0.25, 0.3) is 0 Å². The first kappa shape index (κ1) is 13.2. The van der Waals surface area contributed by atoms with Crippen LogP contribution in [0.4, 0.5) is 0 Å². The van der Waals surface area contributed by atoms with E-state index in [0.717, 1.165) is 13.2 Å². The fraction of sp³-hybridized carbons (Fsp3) is 0.571. The molecular formula is C14H23NO. The highest BCUT2D eigenvalue weighted by atomic mass is 16.5. The number of hydrogen-bond acceptors (Lipinski definition) is 2. The molecular weight excluding hydrogens is 198 g/mol. The Hall–Kier alpha value is -0.860. The maximum Gasteiger partial charge on any atom is 0.0661 e. The molecule has 0 aliphatic carbocycles. The molecule has 0 spiro atoms. The molecule has 2 nitrogen and oxygen atoms in total. The highest BCUT2D eigenvalue weighted by Crippen LogP contribution is 2.14. The third kappa shape index (κ3) is 4.33. The van der Waals surface area contributed by atoms with Crippen LogP contribution in [0, 0.1) is 12.8 Å². The third-order valence-corrected chi connectivity index (χ3v) is 2.53. The molecule has 1 aromatic carbocycles. The highest BCUT2D eigenvalue weighted by Gasteiger charge is 2.09. The lowest BCUT2D eigenvalue weighted by molar-refractivity contribution is 0.0919. The zero-order valence-electron chi connectivity index (χ0n) is 10.8. The first-order chi connectivity index (χ1) is 7.63. The number of ether oxygens (including phenoxy) is 1. The minimum absolute atomic E-state index is 0.290. The fourth-order valence-electron chi connectivity index (χ4n) is 1.65. The summed E-state index contributed by atoms with van der Waals surface area (Å²) in [5, 5.41) is 3.29. The van der Waals surface area contributed by atoms with Gasteiger partial charge in [0.05, 0.1) is 12.6 Å². The van der Waals surface area contributed by atoms with Crippen LogP contribution in [0.15, 0.2) is 24.3 Å². The summed E-state index contributed by atoms with van der Waals surface area (Å²) in [6.07, 6.45) is 0. The number of hydrogen-bond donors (Lipinski definition) is 1. The number of nitrogens with one attached hydrogen (secondary N) is 1. The van der Waals surface area contributed by atoms with E-state index in [1.54, 1.807) is 0 Å². The molecule has 0 bridgehead atoms. The molecule has 1 aromatic rings. The molecule has 1 N–H and O–H groups in total. The minimum atomic E-state index is 0.290. The molecule has 0 aliphatic rings. The predicted molar refractivity (Wildman–Crippen MR) is 68.6 cm³/mol. The summed E-state index contributed by atoms with van der Waals surface area (Å²) in [5.41, 5.74) is 2.59. The van der Waals surface area contributed by atoms with Crippen molar-refractivity contribution < 1.29 is 4.74 Å². The normalized spacial score (nSPS) is 13.1. The van der Waals surface area contributed by atoms with Crippen molar-refractivity contribution in [1.29, 1.82) is 0 Å². The molecule has 0 saturated heterocycles. The number of aryl methyl sites for hydroxylation is 1. The largest absolute Gasteiger partial charge is 0.379 e. The second-order valence-corrected chi connectivity index (χ2v) is 4.69. The van der Waals surface area contributed by atoms with Crippen LogP contribution < -0.4 is 5.32 Å².